The lowest BCUT2D eigenvalue weighted by Gasteiger charge is -2.34. The van der Waals surface area contributed by atoms with Crippen LogP contribution in [0.5, 0.6) is 0 Å². The van der Waals surface area contributed by atoms with Gasteiger partial charge in [0.25, 0.3) is 0 Å². The first kappa shape index (κ1) is 17.8. The molecule has 1 aliphatic heterocycles. The van der Waals surface area contributed by atoms with Crippen LogP contribution in [0.15, 0.2) is 54.9 Å². The van der Waals surface area contributed by atoms with Crippen LogP contribution in [0.4, 0.5) is 10.2 Å². The van der Waals surface area contributed by atoms with Gasteiger partial charge in [0.1, 0.15) is 18.0 Å². The quantitative estimate of drug-likeness (QED) is 0.728. The van der Waals surface area contributed by atoms with E-state index in [1.165, 1.54) is 18.0 Å². The second kappa shape index (κ2) is 8.41. The topological polar surface area (TPSA) is 44.3 Å². The summed E-state index contributed by atoms with van der Waals surface area (Å²) in [7, 11) is 0. The Bertz CT molecular complexity index is 873. The number of nitrogens with one attached hydrogen (secondary N) is 1. The zero-order valence-corrected chi connectivity index (χ0v) is 15.3. The molecule has 6 heteroatoms. The van der Waals surface area contributed by atoms with Crippen molar-refractivity contribution >= 4 is 16.7 Å². The van der Waals surface area contributed by atoms with E-state index in [0.29, 0.717) is 16.7 Å². The van der Waals surface area contributed by atoms with E-state index in [9.17, 15) is 4.39 Å². The van der Waals surface area contributed by atoms with E-state index in [2.05, 4.69) is 55.4 Å². The van der Waals surface area contributed by atoms with Gasteiger partial charge in [-0.05, 0) is 17.7 Å². The van der Waals surface area contributed by atoms with Crippen LogP contribution in [0.25, 0.3) is 10.9 Å². The van der Waals surface area contributed by atoms with Crippen LogP contribution in [-0.4, -0.2) is 59.0 Å². The van der Waals surface area contributed by atoms with E-state index in [-0.39, 0.29) is 5.82 Å². The van der Waals surface area contributed by atoms with Gasteiger partial charge in [-0.1, -0.05) is 36.4 Å². The molecular weight excluding hydrogens is 341 g/mol. The lowest BCUT2D eigenvalue weighted by molar-refractivity contribution is 0.130. The summed E-state index contributed by atoms with van der Waals surface area (Å²) in [5.74, 6) is 0.283. The lowest BCUT2D eigenvalue weighted by atomic mass is 10.2. The number of fused-ring (bicyclic) bond motifs is 1. The molecule has 2 aromatic carbocycles. The van der Waals surface area contributed by atoms with Crippen LogP contribution in [0, 0.1) is 5.82 Å². The molecule has 27 heavy (non-hydrogen) atoms. The van der Waals surface area contributed by atoms with E-state index >= 15 is 0 Å². The summed E-state index contributed by atoms with van der Waals surface area (Å²) in [6.45, 7) is 6.90. The number of nitrogens with zero attached hydrogens (tertiary/aromatic N) is 4. The summed E-state index contributed by atoms with van der Waals surface area (Å²) in [6, 6.07) is 15.5. The van der Waals surface area contributed by atoms with Gasteiger partial charge in [-0.2, -0.15) is 0 Å². The largest absolute Gasteiger partial charge is 0.368 e. The predicted octanol–water partition coefficient (Wildman–Crippen LogP) is 3.00. The Hall–Kier alpha value is -2.57. The highest BCUT2D eigenvalue weighted by molar-refractivity contribution is 5.89. The zero-order valence-electron chi connectivity index (χ0n) is 15.3. The van der Waals surface area contributed by atoms with Crippen molar-refractivity contribution in [2.45, 2.75) is 6.54 Å². The molecule has 1 fully saturated rings. The van der Waals surface area contributed by atoms with Crippen LogP contribution < -0.4 is 5.32 Å². The summed E-state index contributed by atoms with van der Waals surface area (Å²) in [5.41, 5.74) is 1.99. The summed E-state index contributed by atoms with van der Waals surface area (Å²) in [5, 5.41) is 3.75. The van der Waals surface area contributed by atoms with Crippen LogP contribution in [0.2, 0.25) is 0 Å². The number of halogens is 1. The highest BCUT2D eigenvalue weighted by atomic mass is 19.1. The fraction of sp³-hybridized carbons (Fsp3) is 0.333. The normalized spacial score (nSPS) is 15.9. The van der Waals surface area contributed by atoms with Crippen molar-refractivity contribution in [2.75, 3.05) is 44.6 Å². The fourth-order valence-corrected chi connectivity index (χ4v) is 3.55. The van der Waals surface area contributed by atoms with E-state index in [0.717, 1.165) is 45.8 Å². The van der Waals surface area contributed by atoms with E-state index < -0.39 is 0 Å². The third-order valence-electron chi connectivity index (χ3n) is 5.05. The zero-order chi connectivity index (χ0) is 18.5. The Labute approximate surface area is 158 Å². The maximum Gasteiger partial charge on any atom is 0.140 e. The van der Waals surface area contributed by atoms with Gasteiger partial charge in [-0.15, -0.1) is 0 Å². The molecule has 140 valence electrons. The third kappa shape index (κ3) is 4.40. The van der Waals surface area contributed by atoms with Gasteiger partial charge in [0.15, 0.2) is 0 Å². The van der Waals surface area contributed by atoms with Gasteiger partial charge in [0.2, 0.25) is 0 Å². The Morgan fingerprint density at radius 2 is 1.67 bits per heavy atom. The molecule has 4 rings (SSSR count). The van der Waals surface area contributed by atoms with Gasteiger partial charge in [0.05, 0.1) is 10.9 Å². The minimum absolute atomic E-state index is 0.287. The maximum atomic E-state index is 14.1. The maximum absolute atomic E-state index is 14.1. The molecule has 2 heterocycles. The number of aromatic nitrogens is 2. The first-order valence-corrected chi connectivity index (χ1v) is 9.41. The van der Waals surface area contributed by atoms with E-state index in [1.807, 2.05) is 0 Å². The van der Waals surface area contributed by atoms with Gasteiger partial charge in [-0.3, -0.25) is 9.80 Å². The number of hydrogen-bond donors (Lipinski definition) is 1. The molecule has 5 nitrogen and oxygen atoms in total. The predicted molar refractivity (Wildman–Crippen MR) is 106 cm³/mol. The van der Waals surface area contributed by atoms with Gasteiger partial charge in [0, 0.05) is 45.8 Å². The van der Waals surface area contributed by atoms with Gasteiger partial charge in [-0.25, -0.2) is 14.4 Å². The smallest absolute Gasteiger partial charge is 0.140 e. The molecule has 0 amide bonds. The average Bonchev–Trinajstić information content (AvgIpc) is 2.70. The second-order valence-corrected chi connectivity index (χ2v) is 6.89. The van der Waals surface area contributed by atoms with Crippen molar-refractivity contribution in [1.29, 1.82) is 0 Å². The number of rotatable bonds is 6. The number of hydrogen-bond acceptors (Lipinski definition) is 5. The molecule has 0 unspecified atom stereocenters. The number of piperazine rings is 1. The number of benzene rings is 2. The first-order chi connectivity index (χ1) is 13.3. The Morgan fingerprint density at radius 3 is 2.48 bits per heavy atom. The molecule has 3 aromatic rings. The molecule has 1 aliphatic rings. The monoisotopic (exact) mass is 365 g/mol. The molecule has 0 spiro atoms. The molecule has 1 N–H and O–H groups in total. The van der Waals surface area contributed by atoms with Crippen LogP contribution in [0.1, 0.15) is 5.56 Å². The average molecular weight is 365 g/mol. The summed E-state index contributed by atoms with van der Waals surface area (Å²) >= 11 is 0. The Balaban J connectivity index is 1.26. The molecule has 1 aromatic heterocycles. The van der Waals surface area contributed by atoms with E-state index in [4.69, 9.17) is 0 Å². The minimum Gasteiger partial charge on any atom is -0.368 e. The van der Waals surface area contributed by atoms with Crippen molar-refractivity contribution in [3.05, 3.63) is 66.2 Å². The fourth-order valence-electron chi connectivity index (χ4n) is 3.55. The van der Waals surface area contributed by atoms with Crippen molar-refractivity contribution in [1.82, 2.24) is 19.8 Å². The van der Waals surface area contributed by atoms with Crippen molar-refractivity contribution in [2.24, 2.45) is 0 Å². The van der Waals surface area contributed by atoms with E-state index in [1.54, 1.807) is 12.1 Å². The Kier molecular flexibility index (Phi) is 5.55. The van der Waals surface area contributed by atoms with Crippen LogP contribution >= 0.6 is 0 Å². The summed E-state index contributed by atoms with van der Waals surface area (Å²) in [4.78, 5) is 13.3. The van der Waals surface area contributed by atoms with Crippen molar-refractivity contribution in [3.8, 4) is 0 Å². The third-order valence-corrected chi connectivity index (χ3v) is 5.05. The Morgan fingerprint density at radius 1 is 0.889 bits per heavy atom. The molecule has 0 atom stereocenters. The highest BCUT2D eigenvalue weighted by Crippen LogP contribution is 2.22. The van der Waals surface area contributed by atoms with Crippen LogP contribution in [0.3, 0.4) is 0 Å². The highest BCUT2D eigenvalue weighted by Gasteiger charge is 2.17. The molecule has 0 saturated carbocycles. The molecule has 0 aliphatic carbocycles. The standard InChI is InChI=1S/C21H24FN5/c22-18-7-4-8-19-20(18)21(25-16-24-19)23-9-10-26-11-13-27(14-12-26)15-17-5-2-1-3-6-17/h1-8,16H,9-15H2,(H,23,24,25). The van der Waals surface area contributed by atoms with Gasteiger partial charge < -0.3 is 5.32 Å². The number of anilines is 1. The molecule has 0 bridgehead atoms. The SMILES string of the molecule is Fc1cccc2ncnc(NCCN3CCN(Cc4ccccc4)CC3)c12. The molecule has 1 saturated heterocycles. The van der Waals surface area contributed by atoms with Crippen LogP contribution in [-0.2, 0) is 6.54 Å². The minimum atomic E-state index is -0.287. The molecule has 0 radical (unpaired) electrons. The second-order valence-electron chi connectivity index (χ2n) is 6.89. The van der Waals surface area contributed by atoms with Crippen molar-refractivity contribution < 1.29 is 4.39 Å². The van der Waals surface area contributed by atoms with Crippen molar-refractivity contribution in [3.63, 3.8) is 0 Å². The lowest BCUT2D eigenvalue weighted by Crippen LogP contribution is -2.47. The summed E-state index contributed by atoms with van der Waals surface area (Å²) < 4.78 is 14.1. The van der Waals surface area contributed by atoms with Gasteiger partial charge >= 0.3 is 0 Å². The molecular formula is C21H24FN5. The first-order valence-electron chi connectivity index (χ1n) is 9.41. The summed E-state index contributed by atoms with van der Waals surface area (Å²) in [6.07, 6.45) is 1.48.